The fourth-order valence-electron chi connectivity index (χ4n) is 6.47. The predicted molar refractivity (Wildman–Crippen MR) is 121 cm³/mol. The molecular formula is C26H35NO5. The summed E-state index contributed by atoms with van der Waals surface area (Å²) in [6.07, 6.45) is 5.80. The number of nitrogens with zero attached hydrogens (tertiary/aromatic N) is 1. The standard InChI is InChI=1S/C26H35NO5/c1-5-26(29,13-16(2)3)24(28)32-23-17(4)14-25-8-6-9-27(25)10-7-18-11-20-21(31-15-30-20)12-19(18)22(23)25/h11-12,14,16,22-23,29H,5-10,13,15H2,1-4H3. The molecule has 4 atom stereocenters. The molecule has 4 aliphatic rings. The van der Waals surface area contributed by atoms with E-state index in [-0.39, 0.29) is 24.2 Å². The van der Waals surface area contributed by atoms with Gasteiger partial charge in [0.25, 0.3) is 0 Å². The molecule has 1 aromatic carbocycles. The third-order valence-electron chi connectivity index (χ3n) is 7.93. The molecule has 1 fully saturated rings. The molecule has 1 aromatic rings. The van der Waals surface area contributed by atoms with Gasteiger partial charge >= 0.3 is 5.97 Å². The Morgan fingerprint density at radius 3 is 2.78 bits per heavy atom. The van der Waals surface area contributed by atoms with E-state index in [0.29, 0.717) is 12.8 Å². The number of carbonyl (C=O) groups excluding carboxylic acids is 1. The van der Waals surface area contributed by atoms with Crippen molar-refractivity contribution in [1.82, 2.24) is 4.90 Å². The zero-order valence-corrected chi connectivity index (χ0v) is 19.6. The van der Waals surface area contributed by atoms with Gasteiger partial charge in [0.1, 0.15) is 6.10 Å². The Bertz CT molecular complexity index is 956. The van der Waals surface area contributed by atoms with Crippen molar-refractivity contribution in [1.29, 1.82) is 0 Å². The number of ether oxygens (including phenoxy) is 3. The van der Waals surface area contributed by atoms with Gasteiger partial charge in [0.05, 0.1) is 5.54 Å². The summed E-state index contributed by atoms with van der Waals surface area (Å²) in [7, 11) is 0. The number of fused-ring (bicyclic) bond motifs is 3. The third kappa shape index (κ3) is 3.26. The van der Waals surface area contributed by atoms with Crippen LogP contribution >= 0.6 is 0 Å². The molecule has 1 spiro atoms. The van der Waals surface area contributed by atoms with Gasteiger partial charge in [-0.2, -0.15) is 0 Å². The highest BCUT2D eigenvalue weighted by Crippen LogP contribution is 2.55. The summed E-state index contributed by atoms with van der Waals surface area (Å²) in [4.78, 5) is 15.9. The normalized spacial score (nSPS) is 30.2. The van der Waals surface area contributed by atoms with Gasteiger partial charge in [0.2, 0.25) is 6.79 Å². The Morgan fingerprint density at radius 1 is 1.31 bits per heavy atom. The first kappa shape index (κ1) is 21.8. The van der Waals surface area contributed by atoms with Crippen molar-refractivity contribution < 1.29 is 24.1 Å². The lowest BCUT2D eigenvalue weighted by atomic mass is 9.77. The van der Waals surface area contributed by atoms with Crippen molar-refractivity contribution in [3.63, 3.8) is 0 Å². The van der Waals surface area contributed by atoms with E-state index in [0.717, 1.165) is 49.4 Å². The van der Waals surface area contributed by atoms with Crippen molar-refractivity contribution in [2.24, 2.45) is 5.92 Å². The molecular weight excluding hydrogens is 406 g/mol. The van der Waals surface area contributed by atoms with Gasteiger partial charge in [0.15, 0.2) is 17.1 Å². The number of esters is 1. The first-order valence-corrected chi connectivity index (χ1v) is 12.1. The molecule has 174 valence electrons. The first-order chi connectivity index (χ1) is 15.3. The Labute approximate surface area is 190 Å². The van der Waals surface area contributed by atoms with E-state index in [2.05, 4.69) is 30.0 Å². The maximum atomic E-state index is 13.3. The quantitative estimate of drug-likeness (QED) is 0.551. The number of aliphatic hydroxyl groups is 1. The van der Waals surface area contributed by atoms with Crippen LogP contribution in [0.15, 0.2) is 23.8 Å². The maximum absolute atomic E-state index is 13.3. The van der Waals surface area contributed by atoms with E-state index < -0.39 is 17.7 Å². The molecule has 1 saturated heterocycles. The molecule has 0 radical (unpaired) electrons. The summed E-state index contributed by atoms with van der Waals surface area (Å²) in [5.74, 6) is 1.25. The Hall–Kier alpha value is -2.05. The van der Waals surface area contributed by atoms with E-state index in [1.54, 1.807) is 0 Å². The van der Waals surface area contributed by atoms with Gasteiger partial charge in [-0.15, -0.1) is 0 Å². The largest absolute Gasteiger partial charge is 0.455 e. The summed E-state index contributed by atoms with van der Waals surface area (Å²) in [5, 5.41) is 11.1. The summed E-state index contributed by atoms with van der Waals surface area (Å²) in [6.45, 7) is 10.2. The van der Waals surface area contributed by atoms with Crippen molar-refractivity contribution in [3.8, 4) is 11.5 Å². The fourth-order valence-corrected chi connectivity index (χ4v) is 6.47. The van der Waals surface area contributed by atoms with Crippen LogP contribution < -0.4 is 9.47 Å². The Balaban J connectivity index is 1.56. The molecule has 1 N–H and O–H groups in total. The highest BCUT2D eigenvalue weighted by Gasteiger charge is 2.57. The minimum absolute atomic E-state index is 0.0129. The zero-order chi connectivity index (χ0) is 22.7. The zero-order valence-electron chi connectivity index (χ0n) is 19.6. The number of carbonyl (C=O) groups is 1. The van der Waals surface area contributed by atoms with E-state index >= 15 is 0 Å². The topological polar surface area (TPSA) is 68.2 Å². The smallest absolute Gasteiger partial charge is 0.338 e. The van der Waals surface area contributed by atoms with Gasteiger partial charge < -0.3 is 19.3 Å². The van der Waals surface area contributed by atoms with Crippen LogP contribution in [0.2, 0.25) is 0 Å². The number of benzene rings is 1. The van der Waals surface area contributed by atoms with Crippen LogP contribution in [0.3, 0.4) is 0 Å². The van der Waals surface area contributed by atoms with Crippen LogP contribution in [0, 0.1) is 5.92 Å². The van der Waals surface area contributed by atoms with Crippen molar-refractivity contribution in [2.75, 3.05) is 19.9 Å². The van der Waals surface area contributed by atoms with Gasteiger partial charge in [-0.3, -0.25) is 4.90 Å². The van der Waals surface area contributed by atoms with Gasteiger partial charge in [-0.05, 0) is 80.3 Å². The summed E-state index contributed by atoms with van der Waals surface area (Å²) >= 11 is 0. The van der Waals surface area contributed by atoms with E-state index in [1.807, 2.05) is 20.8 Å². The van der Waals surface area contributed by atoms with Gasteiger partial charge in [-0.1, -0.05) is 26.8 Å². The van der Waals surface area contributed by atoms with E-state index in [4.69, 9.17) is 14.2 Å². The van der Waals surface area contributed by atoms with Crippen molar-refractivity contribution in [2.45, 2.75) is 83.0 Å². The highest BCUT2D eigenvalue weighted by atomic mass is 16.7. The van der Waals surface area contributed by atoms with Crippen molar-refractivity contribution >= 4 is 5.97 Å². The molecule has 0 amide bonds. The maximum Gasteiger partial charge on any atom is 0.338 e. The predicted octanol–water partition coefficient (Wildman–Crippen LogP) is 3.95. The van der Waals surface area contributed by atoms with Crippen LogP contribution in [0.4, 0.5) is 0 Å². The molecule has 3 heterocycles. The van der Waals surface area contributed by atoms with Crippen LogP contribution in [-0.2, 0) is 16.0 Å². The molecule has 32 heavy (non-hydrogen) atoms. The molecule has 4 unspecified atom stereocenters. The van der Waals surface area contributed by atoms with Gasteiger partial charge in [0, 0.05) is 12.5 Å². The molecule has 0 aromatic heterocycles. The fraction of sp³-hybridized carbons (Fsp3) is 0.654. The average molecular weight is 442 g/mol. The second-order valence-corrected chi connectivity index (χ2v) is 10.4. The average Bonchev–Trinajstić information content (AvgIpc) is 3.41. The lowest BCUT2D eigenvalue weighted by molar-refractivity contribution is -0.173. The van der Waals surface area contributed by atoms with Gasteiger partial charge in [-0.25, -0.2) is 4.79 Å². The minimum Gasteiger partial charge on any atom is -0.455 e. The summed E-state index contributed by atoms with van der Waals surface area (Å²) in [6, 6.07) is 4.22. The Kier molecular flexibility index (Phi) is 5.29. The van der Waals surface area contributed by atoms with Crippen LogP contribution in [-0.4, -0.2) is 53.1 Å². The molecule has 6 heteroatoms. The summed E-state index contributed by atoms with van der Waals surface area (Å²) < 4.78 is 17.6. The second kappa shape index (κ2) is 7.77. The van der Waals surface area contributed by atoms with Crippen LogP contribution in [0.25, 0.3) is 0 Å². The Morgan fingerprint density at radius 2 is 2.06 bits per heavy atom. The lowest BCUT2D eigenvalue weighted by Crippen LogP contribution is -2.49. The van der Waals surface area contributed by atoms with Crippen LogP contribution in [0.1, 0.15) is 70.4 Å². The molecule has 0 bridgehead atoms. The summed E-state index contributed by atoms with van der Waals surface area (Å²) in [5.41, 5.74) is 1.89. The number of rotatable bonds is 5. The first-order valence-electron chi connectivity index (χ1n) is 12.1. The molecule has 6 nitrogen and oxygen atoms in total. The second-order valence-electron chi connectivity index (χ2n) is 10.4. The molecule has 5 rings (SSSR count). The number of hydrogen-bond donors (Lipinski definition) is 1. The van der Waals surface area contributed by atoms with Crippen molar-refractivity contribution in [3.05, 3.63) is 34.9 Å². The molecule has 0 saturated carbocycles. The molecule has 1 aliphatic carbocycles. The third-order valence-corrected chi connectivity index (χ3v) is 7.93. The minimum atomic E-state index is -1.46. The highest BCUT2D eigenvalue weighted by molar-refractivity contribution is 5.80. The van der Waals surface area contributed by atoms with E-state index in [9.17, 15) is 9.90 Å². The SMILES string of the molecule is CCC(O)(CC(C)C)C(=O)OC1C(C)=CC23CCCN2CCc2cc4c(cc2C13)OCO4. The molecule has 3 aliphatic heterocycles. The monoisotopic (exact) mass is 441 g/mol. The van der Waals surface area contributed by atoms with Crippen LogP contribution in [0.5, 0.6) is 11.5 Å². The van der Waals surface area contributed by atoms with E-state index in [1.165, 1.54) is 11.1 Å². The number of hydrogen-bond acceptors (Lipinski definition) is 6. The lowest BCUT2D eigenvalue weighted by Gasteiger charge is -2.40.